The molecule has 1 saturated carbocycles. The maximum absolute atomic E-state index is 6.40. The van der Waals surface area contributed by atoms with E-state index in [4.69, 9.17) is 15.2 Å². The van der Waals surface area contributed by atoms with E-state index in [2.05, 4.69) is 6.07 Å². The van der Waals surface area contributed by atoms with Crippen LogP contribution in [0.25, 0.3) is 0 Å². The first-order valence-electron chi connectivity index (χ1n) is 6.64. The first-order valence-corrected chi connectivity index (χ1v) is 6.64. The van der Waals surface area contributed by atoms with Crippen LogP contribution in [-0.4, -0.2) is 25.9 Å². The van der Waals surface area contributed by atoms with Gasteiger partial charge in [-0.1, -0.05) is 31.0 Å². The molecular formula is C15H23NO2. The van der Waals surface area contributed by atoms with E-state index in [1.54, 1.807) is 14.2 Å². The third-order valence-corrected chi connectivity index (χ3v) is 4.16. The van der Waals surface area contributed by atoms with Gasteiger partial charge in [0.1, 0.15) is 5.75 Å². The second-order valence-corrected chi connectivity index (χ2v) is 5.10. The minimum Gasteiger partial charge on any atom is -0.496 e. The molecule has 0 saturated heterocycles. The van der Waals surface area contributed by atoms with Crippen molar-refractivity contribution in [3.05, 3.63) is 29.8 Å². The molecule has 3 heteroatoms. The van der Waals surface area contributed by atoms with Gasteiger partial charge in [0.2, 0.25) is 0 Å². The zero-order chi connectivity index (χ0) is 13.0. The normalized spacial score (nSPS) is 19.7. The van der Waals surface area contributed by atoms with Gasteiger partial charge in [0.05, 0.1) is 12.7 Å². The van der Waals surface area contributed by atoms with Crippen LogP contribution < -0.4 is 10.5 Å². The highest BCUT2D eigenvalue weighted by atomic mass is 16.5. The number of benzene rings is 1. The van der Waals surface area contributed by atoms with E-state index in [-0.39, 0.29) is 11.6 Å². The van der Waals surface area contributed by atoms with Crippen molar-refractivity contribution in [2.24, 2.45) is 5.73 Å². The van der Waals surface area contributed by atoms with Crippen molar-refractivity contribution < 1.29 is 9.47 Å². The Kier molecular flexibility index (Phi) is 4.25. The molecule has 1 aromatic carbocycles. The first kappa shape index (κ1) is 13.4. The van der Waals surface area contributed by atoms with Gasteiger partial charge in [-0.15, -0.1) is 0 Å². The first-order chi connectivity index (χ1) is 8.72. The summed E-state index contributed by atoms with van der Waals surface area (Å²) in [4.78, 5) is 0. The molecule has 1 aromatic rings. The fourth-order valence-electron chi connectivity index (χ4n) is 2.99. The number of nitrogens with two attached hydrogens (primary N) is 1. The molecule has 1 aliphatic rings. The zero-order valence-corrected chi connectivity index (χ0v) is 11.3. The van der Waals surface area contributed by atoms with Crippen LogP contribution in [0.5, 0.6) is 5.75 Å². The number of ether oxygens (including phenoxy) is 2. The molecule has 0 radical (unpaired) electrons. The molecule has 1 unspecified atom stereocenters. The lowest BCUT2D eigenvalue weighted by molar-refractivity contribution is -0.0254. The van der Waals surface area contributed by atoms with E-state index in [1.807, 2.05) is 18.2 Å². The Morgan fingerprint density at radius 1 is 1.22 bits per heavy atom. The van der Waals surface area contributed by atoms with Crippen molar-refractivity contribution in [1.82, 2.24) is 0 Å². The van der Waals surface area contributed by atoms with Gasteiger partial charge >= 0.3 is 0 Å². The van der Waals surface area contributed by atoms with Gasteiger partial charge in [-0.05, 0) is 30.9 Å². The van der Waals surface area contributed by atoms with Crippen LogP contribution in [0, 0.1) is 0 Å². The van der Waals surface area contributed by atoms with Gasteiger partial charge in [0.25, 0.3) is 0 Å². The van der Waals surface area contributed by atoms with Crippen LogP contribution in [-0.2, 0) is 11.2 Å². The average Bonchev–Trinajstić information content (AvgIpc) is 2.89. The van der Waals surface area contributed by atoms with Gasteiger partial charge in [-0.25, -0.2) is 0 Å². The number of hydrogen-bond donors (Lipinski definition) is 1. The summed E-state index contributed by atoms with van der Waals surface area (Å²) in [6.45, 7) is 0. The molecule has 1 fully saturated rings. The van der Waals surface area contributed by atoms with E-state index >= 15 is 0 Å². The van der Waals surface area contributed by atoms with Crippen molar-refractivity contribution in [3.8, 4) is 5.75 Å². The number of rotatable bonds is 5. The highest BCUT2D eigenvalue weighted by molar-refractivity contribution is 5.34. The Morgan fingerprint density at radius 2 is 1.89 bits per heavy atom. The van der Waals surface area contributed by atoms with E-state index in [1.165, 1.54) is 12.8 Å². The topological polar surface area (TPSA) is 44.5 Å². The molecule has 2 rings (SSSR count). The summed E-state index contributed by atoms with van der Waals surface area (Å²) in [5, 5.41) is 0. The predicted molar refractivity (Wildman–Crippen MR) is 72.9 cm³/mol. The largest absolute Gasteiger partial charge is 0.496 e. The predicted octanol–water partition coefficient (Wildman–Crippen LogP) is 2.52. The molecule has 2 N–H and O–H groups in total. The zero-order valence-electron chi connectivity index (χ0n) is 11.3. The Bertz CT molecular complexity index is 386. The molecular weight excluding hydrogens is 226 g/mol. The monoisotopic (exact) mass is 249 g/mol. The fourth-order valence-corrected chi connectivity index (χ4v) is 2.99. The Labute approximate surface area is 109 Å². The van der Waals surface area contributed by atoms with Crippen molar-refractivity contribution in [2.45, 2.75) is 43.7 Å². The smallest absolute Gasteiger partial charge is 0.122 e. The second-order valence-electron chi connectivity index (χ2n) is 5.10. The van der Waals surface area contributed by atoms with Crippen LogP contribution in [0.4, 0.5) is 0 Å². The summed E-state index contributed by atoms with van der Waals surface area (Å²) in [6.07, 6.45) is 5.37. The number of hydrogen-bond acceptors (Lipinski definition) is 3. The second kappa shape index (κ2) is 5.72. The molecule has 1 atom stereocenters. The highest BCUT2D eigenvalue weighted by Gasteiger charge is 2.39. The summed E-state index contributed by atoms with van der Waals surface area (Å²) in [5.74, 6) is 0.914. The Balaban J connectivity index is 2.12. The summed E-state index contributed by atoms with van der Waals surface area (Å²) in [5.41, 5.74) is 7.42. The molecule has 18 heavy (non-hydrogen) atoms. The minimum absolute atomic E-state index is 0.0290. The summed E-state index contributed by atoms with van der Waals surface area (Å²) < 4.78 is 11.1. The van der Waals surface area contributed by atoms with E-state index in [9.17, 15) is 0 Å². The van der Waals surface area contributed by atoms with Gasteiger partial charge in [0, 0.05) is 13.2 Å². The Morgan fingerprint density at radius 3 is 2.50 bits per heavy atom. The third kappa shape index (κ3) is 2.52. The minimum atomic E-state index is -0.138. The lowest BCUT2D eigenvalue weighted by atomic mass is 9.88. The summed E-state index contributed by atoms with van der Waals surface area (Å²) in [6, 6.07) is 8.10. The lowest BCUT2D eigenvalue weighted by Crippen LogP contribution is -2.48. The molecule has 0 spiro atoms. The molecule has 0 aromatic heterocycles. The maximum Gasteiger partial charge on any atom is 0.122 e. The highest BCUT2D eigenvalue weighted by Crippen LogP contribution is 2.36. The quantitative estimate of drug-likeness (QED) is 0.872. The molecule has 100 valence electrons. The van der Waals surface area contributed by atoms with Crippen LogP contribution in [0.2, 0.25) is 0 Å². The van der Waals surface area contributed by atoms with Crippen LogP contribution in [0.1, 0.15) is 31.2 Å². The van der Waals surface area contributed by atoms with E-state index in [0.717, 1.165) is 30.6 Å². The summed E-state index contributed by atoms with van der Waals surface area (Å²) in [7, 11) is 3.49. The lowest BCUT2D eigenvalue weighted by Gasteiger charge is -2.34. The standard InChI is InChI=1S/C15H23NO2/c1-17-13-8-4-3-7-12(13)11-14(16)15(18-2)9-5-6-10-15/h3-4,7-8,14H,5-6,9-11,16H2,1-2H3. The van der Waals surface area contributed by atoms with E-state index < -0.39 is 0 Å². The molecule has 1 aliphatic carbocycles. The van der Waals surface area contributed by atoms with E-state index in [0.29, 0.717) is 0 Å². The SMILES string of the molecule is COc1ccccc1CC(N)C1(OC)CCCC1. The molecule has 0 amide bonds. The Hall–Kier alpha value is -1.06. The van der Waals surface area contributed by atoms with Crippen LogP contribution >= 0.6 is 0 Å². The van der Waals surface area contributed by atoms with Crippen molar-refractivity contribution in [2.75, 3.05) is 14.2 Å². The van der Waals surface area contributed by atoms with Crippen molar-refractivity contribution >= 4 is 0 Å². The number of methoxy groups -OCH3 is 2. The van der Waals surface area contributed by atoms with Gasteiger partial charge < -0.3 is 15.2 Å². The van der Waals surface area contributed by atoms with Gasteiger partial charge in [-0.2, -0.15) is 0 Å². The molecule has 0 heterocycles. The molecule has 0 bridgehead atoms. The van der Waals surface area contributed by atoms with Crippen LogP contribution in [0.3, 0.4) is 0 Å². The van der Waals surface area contributed by atoms with Gasteiger partial charge in [0.15, 0.2) is 0 Å². The maximum atomic E-state index is 6.40. The van der Waals surface area contributed by atoms with Gasteiger partial charge in [-0.3, -0.25) is 0 Å². The summed E-state index contributed by atoms with van der Waals surface area (Å²) >= 11 is 0. The molecule has 3 nitrogen and oxygen atoms in total. The third-order valence-electron chi connectivity index (χ3n) is 4.16. The fraction of sp³-hybridized carbons (Fsp3) is 0.600. The van der Waals surface area contributed by atoms with Crippen LogP contribution in [0.15, 0.2) is 24.3 Å². The van der Waals surface area contributed by atoms with Crippen molar-refractivity contribution in [1.29, 1.82) is 0 Å². The average molecular weight is 249 g/mol. The van der Waals surface area contributed by atoms with Crippen molar-refractivity contribution in [3.63, 3.8) is 0 Å². The number of para-hydroxylation sites is 1. The molecule has 0 aliphatic heterocycles.